The van der Waals surface area contributed by atoms with E-state index in [0.717, 1.165) is 22.8 Å². The van der Waals surface area contributed by atoms with Gasteiger partial charge >= 0.3 is 5.76 Å². The number of carbonyl (C=O) groups excluding carboxylic acids is 1. The summed E-state index contributed by atoms with van der Waals surface area (Å²) in [7, 11) is 0. The van der Waals surface area contributed by atoms with Gasteiger partial charge in [0.05, 0.1) is 11.2 Å². The number of rotatable bonds is 2. The van der Waals surface area contributed by atoms with Crippen LogP contribution in [0.2, 0.25) is 0 Å². The number of hydrogen-bond donors (Lipinski definition) is 0. The summed E-state index contributed by atoms with van der Waals surface area (Å²) in [4.78, 5) is 27.9. The van der Waals surface area contributed by atoms with E-state index in [9.17, 15) is 9.59 Å². The minimum Gasteiger partial charge on any atom is -0.408 e. The number of amides is 1. The normalized spacial score (nSPS) is 14.4. The molecule has 6 heteroatoms. The summed E-state index contributed by atoms with van der Waals surface area (Å²) in [6.07, 6.45) is 0.923. The van der Waals surface area contributed by atoms with Gasteiger partial charge in [0.15, 0.2) is 5.58 Å². The first-order chi connectivity index (χ1) is 11.7. The smallest absolute Gasteiger partial charge is 0.408 e. The Morgan fingerprint density at radius 3 is 2.83 bits per heavy atom. The van der Waals surface area contributed by atoms with E-state index in [4.69, 9.17) is 4.42 Å². The Balaban J connectivity index is 1.69. The van der Waals surface area contributed by atoms with Crippen molar-refractivity contribution in [1.82, 2.24) is 4.57 Å². The highest BCUT2D eigenvalue weighted by Gasteiger charge is 2.23. The van der Waals surface area contributed by atoms with Crippen LogP contribution >= 0.6 is 11.8 Å². The molecular formula is C18H16N2O3S. The summed E-state index contributed by atoms with van der Waals surface area (Å²) in [5.74, 6) is 0.385. The van der Waals surface area contributed by atoms with Gasteiger partial charge in [-0.05, 0) is 36.4 Å². The Morgan fingerprint density at radius 1 is 1.12 bits per heavy atom. The van der Waals surface area contributed by atoms with Gasteiger partial charge in [-0.25, -0.2) is 4.79 Å². The maximum absolute atomic E-state index is 12.9. The van der Waals surface area contributed by atoms with Crippen molar-refractivity contribution in [2.45, 2.75) is 17.9 Å². The summed E-state index contributed by atoms with van der Waals surface area (Å²) < 4.78 is 6.62. The van der Waals surface area contributed by atoms with Crippen molar-refractivity contribution in [2.24, 2.45) is 0 Å². The summed E-state index contributed by atoms with van der Waals surface area (Å²) in [6, 6.07) is 15.1. The van der Waals surface area contributed by atoms with Crippen molar-refractivity contribution in [2.75, 3.05) is 17.2 Å². The van der Waals surface area contributed by atoms with Crippen LogP contribution < -0.4 is 10.7 Å². The summed E-state index contributed by atoms with van der Waals surface area (Å²) in [5, 5.41) is 0. The summed E-state index contributed by atoms with van der Waals surface area (Å²) >= 11 is 1.76. The number of oxazole rings is 1. The minimum absolute atomic E-state index is 0.0190. The Labute approximate surface area is 142 Å². The Morgan fingerprint density at radius 2 is 1.92 bits per heavy atom. The number of anilines is 1. The number of benzene rings is 2. The van der Waals surface area contributed by atoms with Crippen LogP contribution in [0.5, 0.6) is 0 Å². The fourth-order valence-corrected chi connectivity index (χ4v) is 3.97. The van der Waals surface area contributed by atoms with Gasteiger partial charge < -0.3 is 9.32 Å². The van der Waals surface area contributed by atoms with E-state index in [1.54, 1.807) is 34.9 Å². The molecule has 0 spiro atoms. The fourth-order valence-electron chi connectivity index (χ4n) is 2.97. The molecule has 0 N–H and O–H groups in total. The Kier molecular flexibility index (Phi) is 3.90. The topological polar surface area (TPSA) is 55.5 Å². The maximum atomic E-state index is 12.9. The number of carbonyl (C=O) groups is 1. The van der Waals surface area contributed by atoms with E-state index in [2.05, 4.69) is 0 Å². The molecule has 0 saturated heterocycles. The molecule has 1 aliphatic rings. The van der Waals surface area contributed by atoms with Crippen molar-refractivity contribution in [3.05, 3.63) is 59.1 Å². The fraction of sp³-hybridized carbons (Fsp3) is 0.222. The average Bonchev–Trinajstić information content (AvgIpc) is 2.79. The van der Waals surface area contributed by atoms with Crippen molar-refractivity contribution in [1.29, 1.82) is 0 Å². The van der Waals surface area contributed by atoms with Crippen LogP contribution in [0.4, 0.5) is 5.69 Å². The van der Waals surface area contributed by atoms with Crippen molar-refractivity contribution in [3.8, 4) is 0 Å². The van der Waals surface area contributed by atoms with E-state index >= 15 is 0 Å². The van der Waals surface area contributed by atoms with Crippen molar-refractivity contribution < 1.29 is 9.21 Å². The van der Waals surface area contributed by atoms with Gasteiger partial charge in [-0.1, -0.05) is 24.3 Å². The number of thioether (sulfide) groups is 1. The van der Waals surface area contributed by atoms with Crippen LogP contribution in [0, 0.1) is 0 Å². The van der Waals surface area contributed by atoms with Crippen molar-refractivity contribution in [3.63, 3.8) is 0 Å². The van der Waals surface area contributed by atoms with E-state index < -0.39 is 5.76 Å². The van der Waals surface area contributed by atoms with Crippen molar-refractivity contribution >= 4 is 34.5 Å². The number of para-hydroxylation sites is 3. The number of fused-ring (bicyclic) bond motifs is 2. The molecule has 24 heavy (non-hydrogen) atoms. The third kappa shape index (κ3) is 2.63. The van der Waals surface area contributed by atoms with Crippen LogP contribution in [0.1, 0.15) is 6.42 Å². The second-order valence-corrected chi connectivity index (χ2v) is 6.77. The van der Waals surface area contributed by atoms with Crippen LogP contribution in [0.15, 0.2) is 62.6 Å². The average molecular weight is 340 g/mol. The predicted octanol–water partition coefficient (Wildman–Crippen LogP) is 3.12. The van der Waals surface area contributed by atoms with Gasteiger partial charge in [-0.2, -0.15) is 0 Å². The molecule has 2 heterocycles. The SMILES string of the molecule is O=C(Cn1c(=O)oc2ccccc21)N1CCCSc2ccccc21. The molecule has 1 aromatic heterocycles. The lowest BCUT2D eigenvalue weighted by atomic mass is 10.2. The molecule has 1 aliphatic heterocycles. The van der Waals surface area contributed by atoms with Gasteiger partial charge in [0.25, 0.3) is 0 Å². The van der Waals surface area contributed by atoms with Crippen LogP contribution in [-0.4, -0.2) is 22.8 Å². The summed E-state index contributed by atoms with van der Waals surface area (Å²) in [5.41, 5.74) is 2.07. The standard InChI is InChI=1S/C18H16N2O3S/c21-17(12-20-13-6-1-3-8-15(13)23-18(20)22)19-10-5-11-24-16-9-4-2-7-14(16)19/h1-4,6-9H,5,10-12H2. The van der Waals surface area contributed by atoms with Gasteiger partial charge in [-0.3, -0.25) is 9.36 Å². The molecule has 2 aromatic carbocycles. The van der Waals surface area contributed by atoms with Crippen LogP contribution in [-0.2, 0) is 11.3 Å². The van der Waals surface area contributed by atoms with E-state index in [1.165, 1.54) is 4.57 Å². The second kappa shape index (κ2) is 6.20. The third-order valence-electron chi connectivity index (χ3n) is 4.11. The second-order valence-electron chi connectivity index (χ2n) is 5.64. The highest BCUT2D eigenvalue weighted by Crippen LogP contribution is 2.33. The molecule has 5 nitrogen and oxygen atoms in total. The quantitative estimate of drug-likeness (QED) is 0.719. The van der Waals surface area contributed by atoms with Gasteiger partial charge in [-0.15, -0.1) is 11.8 Å². The van der Waals surface area contributed by atoms with E-state index in [0.29, 0.717) is 17.6 Å². The van der Waals surface area contributed by atoms with E-state index in [-0.39, 0.29) is 12.5 Å². The lowest BCUT2D eigenvalue weighted by molar-refractivity contribution is -0.119. The highest BCUT2D eigenvalue weighted by atomic mass is 32.2. The maximum Gasteiger partial charge on any atom is 0.420 e. The molecule has 0 fully saturated rings. The Bertz CT molecular complexity index is 960. The number of aromatic nitrogens is 1. The van der Waals surface area contributed by atoms with E-state index in [1.807, 2.05) is 30.3 Å². The molecule has 3 aromatic rings. The summed E-state index contributed by atoms with van der Waals surface area (Å²) in [6.45, 7) is 0.641. The first-order valence-electron chi connectivity index (χ1n) is 7.84. The number of nitrogens with zero attached hydrogens (tertiary/aromatic N) is 2. The van der Waals surface area contributed by atoms with Gasteiger partial charge in [0.2, 0.25) is 5.91 Å². The van der Waals surface area contributed by atoms with Gasteiger partial charge in [0.1, 0.15) is 6.54 Å². The zero-order chi connectivity index (χ0) is 16.5. The van der Waals surface area contributed by atoms with Crippen LogP contribution in [0.3, 0.4) is 0 Å². The lowest BCUT2D eigenvalue weighted by Gasteiger charge is -2.22. The third-order valence-corrected chi connectivity index (χ3v) is 5.26. The molecule has 0 radical (unpaired) electrons. The molecule has 1 amide bonds. The monoisotopic (exact) mass is 340 g/mol. The first-order valence-corrected chi connectivity index (χ1v) is 8.83. The van der Waals surface area contributed by atoms with Gasteiger partial charge in [0, 0.05) is 11.4 Å². The predicted molar refractivity (Wildman–Crippen MR) is 94.6 cm³/mol. The molecule has 4 rings (SSSR count). The molecular weight excluding hydrogens is 324 g/mol. The zero-order valence-corrected chi connectivity index (χ0v) is 13.8. The number of hydrogen-bond acceptors (Lipinski definition) is 4. The molecule has 0 aliphatic carbocycles. The zero-order valence-electron chi connectivity index (χ0n) is 13.0. The lowest BCUT2D eigenvalue weighted by Crippen LogP contribution is -2.36. The first kappa shape index (κ1) is 15.1. The molecule has 0 saturated carbocycles. The highest BCUT2D eigenvalue weighted by molar-refractivity contribution is 7.99. The van der Waals surface area contributed by atoms with Crippen LogP contribution in [0.25, 0.3) is 11.1 Å². The Hall–Kier alpha value is -2.47. The largest absolute Gasteiger partial charge is 0.420 e. The minimum atomic E-state index is -0.498. The molecule has 122 valence electrons. The molecule has 0 unspecified atom stereocenters. The molecule has 0 atom stereocenters. The molecule has 0 bridgehead atoms.